The second-order valence-corrected chi connectivity index (χ2v) is 7.99. The van der Waals surface area contributed by atoms with Crippen molar-refractivity contribution in [3.63, 3.8) is 0 Å². The molecule has 2 amide bonds. The first kappa shape index (κ1) is 19.5. The summed E-state index contributed by atoms with van der Waals surface area (Å²) in [6.45, 7) is -0.163. The predicted molar refractivity (Wildman–Crippen MR) is 112 cm³/mol. The average molecular weight is 389 g/mol. The van der Waals surface area contributed by atoms with Crippen molar-refractivity contribution in [2.75, 3.05) is 6.61 Å². The molecule has 0 bridgehead atoms. The van der Waals surface area contributed by atoms with Crippen molar-refractivity contribution in [2.45, 2.75) is 56.1 Å². The van der Waals surface area contributed by atoms with Crippen LogP contribution in [0.25, 0.3) is 11.1 Å². The lowest BCUT2D eigenvalue weighted by molar-refractivity contribution is 0.0155. The number of urea groups is 1. The molecule has 4 rings (SSSR count). The molecule has 150 valence electrons. The number of amides is 2. The van der Waals surface area contributed by atoms with E-state index in [2.05, 4.69) is 11.4 Å². The van der Waals surface area contributed by atoms with Crippen molar-refractivity contribution in [1.29, 1.82) is 5.26 Å². The molecule has 2 aromatic rings. The maximum absolute atomic E-state index is 12.9. The predicted octanol–water partition coefficient (Wildman–Crippen LogP) is 4.05. The van der Waals surface area contributed by atoms with Crippen LogP contribution >= 0.6 is 0 Å². The number of likely N-dealkylation sites (tertiary alicyclic amines) is 1. The fourth-order valence-electron chi connectivity index (χ4n) is 4.82. The van der Waals surface area contributed by atoms with Crippen molar-refractivity contribution in [2.24, 2.45) is 0 Å². The molecular formula is C24H27N3O2. The van der Waals surface area contributed by atoms with Crippen LogP contribution in [0.15, 0.2) is 54.6 Å². The summed E-state index contributed by atoms with van der Waals surface area (Å²) in [5.41, 5.74) is 3.12. The summed E-state index contributed by atoms with van der Waals surface area (Å²) in [7, 11) is 0. The van der Waals surface area contributed by atoms with E-state index in [9.17, 15) is 15.2 Å². The fourth-order valence-corrected chi connectivity index (χ4v) is 4.82. The van der Waals surface area contributed by atoms with Crippen LogP contribution < -0.4 is 5.32 Å². The van der Waals surface area contributed by atoms with Crippen LogP contribution in [0.1, 0.15) is 43.6 Å². The third kappa shape index (κ3) is 3.73. The molecule has 3 atom stereocenters. The van der Waals surface area contributed by atoms with Crippen LogP contribution in [-0.2, 0) is 0 Å². The van der Waals surface area contributed by atoms with Crippen LogP contribution in [0.3, 0.4) is 0 Å². The van der Waals surface area contributed by atoms with Gasteiger partial charge in [-0.2, -0.15) is 5.26 Å². The summed E-state index contributed by atoms with van der Waals surface area (Å²) in [5, 5.41) is 23.0. The second kappa shape index (κ2) is 8.67. The third-order valence-corrected chi connectivity index (χ3v) is 6.30. The van der Waals surface area contributed by atoms with Crippen LogP contribution in [0.5, 0.6) is 0 Å². The van der Waals surface area contributed by atoms with Gasteiger partial charge in [0.1, 0.15) is 6.04 Å². The van der Waals surface area contributed by atoms with Gasteiger partial charge < -0.3 is 15.3 Å². The molecule has 1 saturated heterocycles. The topological polar surface area (TPSA) is 76.4 Å². The smallest absolute Gasteiger partial charge is 0.319 e. The first-order chi connectivity index (χ1) is 14.2. The number of nitrogens with one attached hydrogen (secondary N) is 1. The molecule has 2 N–H and O–H groups in total. The van der Waals surface area contributed by atoms with E-state index in [1.165, 1.54) is 6.42 Å². The van der Waals surface area contributed by atoms with E-state index in [1.54, 1.807) is 4.90 Å². The minimum Gasteiger partial charge on any atom is -0.394 e. The number of aliphatic hydroxyl groups is 1. The number of nitriles is 1. The highest BCUT2D eigenvalue weighted by Gasteiger charge is 2.52. The number of benzene rings is 2. The molecule has 0 unspecified atom stereocenters. The average Bonchev–Trinajstić information content (AvgIpc) is 2.75. The van der Waals surface area contributed by atoms with Crippen molar-refractivity contribution < 1.29 is 9.90 Å². The normalized spacial score (nSPS) is 24.4. The molecule has 1 saturated carbocycles. The number of aliphatic hydroxyl groups excluding tert-OH is 1. The van der Waals surface area contributed by atoms with Crippen molar-refractivity contribution in [1.82, 2.24) is 10.2 Å². The van der Waals surface area contributed by atoms with Gasteiger partial charge in [0.05, 0.1) is 18.7 Å². The summed E-state index contributed by atoms with van der Waals surface area (Å²) in [6, 6.07) is 19.3. The van der Waals surface area contributed by atoms with E-state index in [1.807, 2.05) is 54.6 Å². The molecular weight excluding hydrogens is 362 g/mol. The number of carbonyl (C=O) groups excluding carboxylic acids is 1. The van der Waals surface area contributed by atoms with E-state index in [4.69, 9.17) is 0 Å². The van der Waals surface area contributed by atoms with E-state index < -0.39 is 12.1 Å². The summed E-state index contributed by atoms with van der Waals surface area (Å²) in [6.07, 6.45) is 5.45. The Morgan fingerprint density at radius 2 is 1.76 bits per heavy atom. The Morgan fingerprint density at radius 1 is 1.07 bits per heavy atom. The summed E-state index contributed by atoms with van der Waals surface area (Å²) >= 11 is 0. The maximum atomic E-state index is 12.9. The fraction of sp³-hybridized carbons (Fsp3) is 0.417. The molecule has 0 radical (unpaired) electrons. The maximum Gasteiger partial charge on any atom is 0.319 e. The van der Waals surface area contributed by atoms with Gasteiger partial charge in [0, 0.05) is 12.0 Å². The lowest BCUT2D eigenvalue weighted by Crippen LogP contribution is -2.68. The Kier molecular flexibility index (Phi) is 5.82. The van der Waals surface area contributed by atoms with Crippen molar-refractivity contribution in [3.8, 4) is 17.2 Å². The molecule has 1 aliphatic heterocycles. The third-order valence-electron chi connectivity index (χ3n) is 6.30. The lowest BCUT2D eigenvalue weighted by Gasteiger charge is -2.52. The minimum atomic E-state index is -0.583. The van der Waals surface area contributed by atoms with Gasteiger partial charge >= 0.3 is 6.03 Å². The van der Waals surface area contributed by atoms with Gasteiger partial charge in [-0.25, -0.2) is 4.79 Å². The Morgan fingerprint density at radius 3 is 2.45 bits per heavy atom. The van der Waals surface area contributed by atoms with Gasteiger partial charge in [-0.1, -0.05) is 73.9 Å². The molecule has 2 fully saturated rings. The highest BCUT2D eigenvalue weighted by Crippen LogP contribution is 2.44. The first-order valence-corrected chi connectivity index (χ1v) is 10.5. The van der Waals surface area contributed by atoms with Crippen molar-refractivity contribution >= 4 is 6.03 Å². The number of hydrogen-bond acceptors (Lipinski definition) is 3. The van der Waals surface area contributed by atoms with Gasteiger partial charge in [0.25, 0.3) is 0 Å². The quantitative estimate of drug-likeness (QED) is 0.828. The van der Waals surface area contributed by atoms with E-state index in [0.717, 1.165) is 42.4 Å². The zero-order valence-corrected chi connectivity index (χ0v) is 16.5. The summed E-state index contributed by atoms with van der Waals surface area (Å²) in [5.74, 6) is -0.210. The molecule has 5 nitrogen and oxygen atoms in total. The van der Waals surface area contributed by atoms with Crippen LogP contribution in [0.4, 0.5) is 4.79 Å². The number of carbonyl (C=O) groups is 1. The molecule has 1 aliphatic carbocycles. The minimum absolute atomic E-state index is 0.163. The Bertz CT molecular complexity index is 886. The first-order valence-electron chi connectivity index (χ1n) is 10.5. The molecule has 2 aromatic carbocycles. The second-order valence-electron chi connectivity index (χ2n) is 7.99. The van der Waals surface area contributed by atoms with Gasteiger partial charge in [0.2, 0.25) is 0 Å². The molecule has 0 aromatic heterocycles. The van der Waals surface area contributed by atoms with Crippen LogP contribution in [-0.4, -0.2) is 40.8 Å². The van der Waals surface area contributed by atoms with Crippen molar-refractivity contribution in [3.05, 3.63) is 60.2 Å². The van der Waals surface area contributed by atoms with Gasteiger partial charge in [-0.05, 0) is 29.5 Å². The molecule has 0 spiro atoms. The highest BCUT2D eigenvalue weighted by atomic mass is 16.3. The zero-order chi connectivity index (χ0) is 20.2. The largest absolute Gasteiger partial charge is 0.394 e. The molecule has 5 heteroatoms. The number of rotatable bonds is 4. The molecule has 2 aliphatic rings. The Hall–Kier alpha value is -2.84. The van der Waals surface area contributed by atoms with Gasteiger partial charge in [0.15, 0.2) is 0 Å². The standard InChI is InChI=1S/C24H27N3O2/c25-15-21-23(20-14-8-7-13-19(20)17-9-3-1-4-10-17)22(16-28)27(21)24(29)26-18-11-5-2-6-12-18/h1,3-4,7-10,13-14,18,21-23,28H,2,5-6,11-12,16H2,(H,26,29)/t21-,22-,23-/m0/s1. The van der Waals surface area contributed by atoms with Gasteiger partial charge in [-0.15, -0.1) is 0 Å². The lowest BCUT2D eigenvalue weighted by atomic mass is 9.73. The van der Waals surface area contributed by atoms with Crippen LogP contribution in [0.2, 0.25) is 0 Å². The number of nitrogens with zero attached hydrogens (tertiary/aromatic N) is 2. The Balaban J connectivity index is 1.59. The molecule has 1 heterocycles. The SMILES string of the molecule is N#C[C@H]1[C@H](c2ccccc2-c2ccccc2)[C@H](CO)N1C(=O)NC1CCCCC1. The highest BCUT2D eigenvalue weighted by molar-refractivity contribution is 5.79. The summed E-state index contributed by atoms with van der Waals surface area (Å²) < 4.78 is 0. The van der Waals surface area contributed by atoms with E-state index >= 15 is 0 Å². The van der Waals surface area contributed by atoms with E-state index in [0.29, 0.717) is 0 Å². The monoisotopic (exact) mass is 389 g/mol. The van der Waals surface area contributed by atoms with Gasteiger partial charge in [-0.3, -0.25) is 0 Å². The van der Waals surface area contributed by atoms with Crippen LogP contribution in [0, 0.1) is 11.3 Å². The number of hydrogen-bond donors (Lipinski definition) is 2. The Labute approximate surface area is 172 Å². The summed E-state index contributed by atoms with van der Waals surface area (Å²) in [4.78, 5) is 14.5. The zero-order valence-electron chi connectivity index (χ0n) is 16.5. The van der Waals surface area contributed by atoms with E-state index in [-0.39, 0.29) is 24.6 Å². The molecule has 29 heavy (non-hydrogen) atoms.